The number of carbonyl (C=O) groups is 1. The topological polar surface area (TPSA) is 53.4 Å². The van der Waals surface area contributed by atoms with Crippen LogP contribution in [0.2, 0.25) is 4.34 Å². The van der Waals surface area contributed by atoms with Gasteiger partial charge in [0, 0.05) is 13.1 Å². The third-order valence-electron chi connectivity index (χ3n) is 2.15. The second-order valence-electron chi connectivity index (χ2n) is 3.12. The number of rotatable bonds is 2. The summed E-state index contributed by atoms with van der Waals surface area (Å²) in [5, 5.41) is 9.49. The van der Waals surface area contributed by atoms with Gasteiger partial charge in [0.2, 0.25) is 0 Å². The first-order valence-corrected chi connectivity index (χ1v) is 5.52. The Hall–Kier alpha value is -0.810. The van der Waals surface area contributed by atoms with Crippen molar-refractivity contribution < 1.29 is 9.90 Å². The standard InChI is InChI=1S/C8H9ClN2O2S/c9-6-5(7(12)13)10-8(14-6)11-3-1-2-4-11/h1-4H2,(H,12,13). The lowest BCUT2D eigenvalue weighted by Gasteiger charge is -2.11. The van der Waals surface area contributed by atoms with Gasteiger partial charge < -0.3 is 10.0 Å². The van der Waals surface area contributed by atoms with E-state index in [1.54, 1.807) is 0 Å². The van der Waals surface area contributed by atoms with Gasteiger partial charge in [0.1, 0.15) is 4.34 Å². The fraction of sp³-hybridized carbons (Fsp3) is 0.500. The molecule has 4 nitrogen and oxygen atoms in total. The van der Waals surface area contributed by atoms with Crippen LogP contribution in [-0.4, -0.2) is 29.1 Å². The number of anilines is 1. The fourth-order valence-corrected chi connectivity index (χ4v) is 2.64. The van der Waals surface area contributed by atoms with E-state index in [1.807, 2.05) is 0 Å². The predicted molar refractivity (Wildman–Crippen MR) is 55.5 cm³/mol. The zero-order valence-electron chi connectivity index (χ0n) is 7.36. The molecule has 0 spiro atoms. The highest BCUT2D eigenvalue weighted by molar-refractivity contribution is 7.19. The van der Waals surface area contributed by atoms with Crippen LogP contribution in [0.1, 0.15) is 23.3 Å². The lowest BCUT2D eigenvalue weighted by molar-refractivity contribution is 0.0691. The van der Waals surface area contributed by atoms with Gasteiger partial charge in [-0.3, -0.25) is 0 Å². The quantitative estimate of drug-likeness (QED) is 0.849. The van der Waals surface area contributed by atoms with Crippen LogP contribution in [0.3, 0.4) is 0 Å². The van der Waals surface area contributed by atoms with E-state index in [4.69, 9.17) is 16.7 Å². The van der Waals surface area contributed by atoms with Gasteiger partial charge in [0.05, 0.1) is 0 Å². The maximum atomic E-state index is 10.7. The second kappa shape index (κ2) is 3.74. The third-order valence-corrected chi connectivity index (χ3v) is 3.47. The van der Waals surface area contributed by atoms with Gasteiger partial charge in [-0.2, -0.15) is 0 Å². The highest BCUT2D eigenvalue weighted by Gasteiger charge is 2.21. The minimum atomic E-state index is -1.06. The molecule has 0 unspecified atom stereocenters. The Balaban J connectivity index is 2.27. The number of hydrogen-bond acceptors (Lipinski definition) is 4. The Bertz CT molecular complexity index is 360. The molecule has 6 heteroatoms. The molecule has 1 fully saturated rings. The molecular weight excluding hydrogens is 224 g/mol. The molecule has 14 heavy (non-hydrogen) atoms. The van der Waals surface area contributed by atoms with E-state index in [0.29, 0.717) is 0 Å². The van der Waals surface area contributed by atoms with Crippen molar-refractivity contribution in [2.45, 2.75) is 12.8 Å². The van der Waals surface area contributed by atoms with E-state index < -0.39 is 5.97 Å². The summed E-state index contributed by atoms with van der Waals surface area (Å²) in [4.78, 5) is 16.8. The van der Waals surface area contributed by atoms with Crippen LogP contribution in [0.15, 0.2) is 0 Å². The number of carboxylic acid groups (broad SMARTS) is 1. The summed E-state index contributed by atoms with van der Waals surface area (Å²) in [6.45, 7) is 1.89. The molecule has 0 bridgehead atoms. The average Bonchev–Trinajstić information content (AvgIpc) is 2.70. The normalized spacial score (nSPS) is 16.2. The number of hydrogen-bond donors (Lipinski definition) is 1. The minimum absolute atomic E-state index is 0.0291. The number of aromatic nitrogens is 1. The van der Waals surface area contributed by atoms with Crippen LogP contribution in [0.5, 0.6) is 0 Å². The zero-order chi connectivity index (χ0) is 10.1. The Kier molecular flexibility index (Phi) is 2.60. The third kappa shape index (κ3) is 1.69. The number of nitrogens with zero attached hydrogens (tertiary/aromatic N) is 2. The molecule has 0 aliphatic carbocycles. The molecule has 0 amide bonds. The smallest absolute Gasteiger partial charge is 0.357 e. The molecule has 1 aromatic rings. The van der Waals surface area contributed by atoms with Crippen LogP contribution in [0.4, 0.5) is 5.13 Å². The lowest BCUT2D eigenvalue weighted by atomic mass is 10.4. The fourth-order valence-electron chi connectivity index (χ4n) is 1.47. The van der Waals surface area contributed by atoms with Crippen molar-refractivity contribution >= 4 is 34.0 Å². The molecule has 0 saturated carbocycles. The molecule has 0 atom stereocenters. The molecule has 1 aliphatic heterocycles. The number of aromatic carboxylic acids is 1. The van der Waals surface area contributed by atoms with Crippen molar-refractivity contribution in [3.05, 3.63) is 10.0 Å². The molecule has 2 heterocycles. The summed E-state index contributed by atoms with van der Waals surface area (Å²) in [6.07, 6.45) is 2.28. The van der Waals surface area contributed by atoms with Crippen LogP contribution in [0.25, 0.3) is 0 Å². The molecule has 1 aromatic heterocycles. The van der Waals surface area contributed by atoms with Crippen molar-refractivity contribution in [2.75, 3.05) is 18.0 Å². The predicted octanol–water partition coefficient (Wildman–Crippen LogP) is 2.09. The number of thiazole rings is 1. The van der Waals surface area contributed by atoms with Gasteiger partial charge in [-0.15, -0.1) is 0 Å². The Morgan fingerprint density at radius 1 is 1.50 bits per heavy atom. The van der Waals surface area contributed by atoms with E-state index in [-0.39, 0.29) is 10.0 Å². The Morgan fingerprint density at radius 2 is 2.14 bits per heavy atom. The van der Waals surface area contributed by atoms with Crippen LogP contribution < -0.4 is 4.90 Å². The van der Waals surface area contributed by atoms with E-state index in [9.17, 15) is 4.79 Å². The summed E-state index contributed by atoms with van der Waals surface area (Å²) in [7, 11) is 0. The Morgan fingerprint density at radius 3 is 2.64 bits per heavy atom. The lowest BCUT2D eigenvalue weighted by Crippen LogP contribution is -2.17. The second-order valence-corrected chi connectivity index (χ2v) is 4.70. The first kappa shape index (κ1) is 9.73. The van der Waals surface area contributed by atoms with Crippen LogP contribution in [0, 0.1) is 0 Å². The molecule has 0 aromatic carbocycles. The van der Waals surface area contributed by atoms with Gasteiger partial charge in [0.25, 0.3) is 0 Å². The molecular formula is C8H9ClN2O2S. The summed E-state index contributed by atoms with van der Waals surface area (Å²) >= 11 is 7.01. The van der Waals surface area contributed by atoms with Gasteiger partial charge in [-0.05, 0) is 12.8 Å². The largest absolute Gasteiger partial charge is 0.476 e. The van der Waals surface area contributed by atoms with E-state index in [2.05, 4.69) is 9.88 Å². The van der Waals surface area contributed by atoms with Gasteiger partial charge in [-0.25, -0.2) is 9.78 Å². The molecule has 1 aliphatic rings. The van der Waals surface area contributed by atoms with Crippen molar-refractivity contribution in [1.82, 2.24) is 4.98 Å². The van der Waals surface area contributed by atoms with E-state index in [1.165, 1.54) is 11.3 Å². The van der Waals surface area contributed by atoms with Gasteiger partial charge in [0.15, 0.2) is 10.8 Å². The van der Waals surface area contributed by atoms with E-state index in [0.717, 1.165) is 31.1 Å². The summed E-state index contributed by atoms with van der Waals surface area (Å²) in [5.41, 5.74) is -0.0291. The summed E-state index contributed by atoms with van der Waals surface area (Å²) in [6, 6.07) is 0. The first-order valence-electron chi connectivity index (χ1n) is 4.33. The van der Waals surface area contributed by atoms with Crippen molar-refractivity contribution in [1.29, 1.82) is 0 Å². The van der Waals surface area contributed by atoms with Crippen LogP contribution >= 0.6 is 22.9 Å². The highest BCUT2D eigenvalue weighted by Crippen LogP contribution is 2.32. The number of halogens is 1. The van der Waals surface area contributed by atoms with Crippen molar-refractivity contribution in [3.63, 3.8) is 0 Å². The maximum absolute atomic E-state index is 10.7. The molecule has 2 rings (SSSR count). The van der Waals surface area contributed by atoms with E-state index >= 15 is 0 Å². The average molecular weight is 233 g/mol. The minimum Gasteiger partial charge on any atom is -0.476 e. The monoisotopic (exact) mass is 232 g/mol. The molecule has 1 N–H and O–H groups in total. The highest BCUT2D eigenvalue weighted by atomic mass is 35.5. The summed E-state index contributed by atoms with van der Waals surface area (Å²) < 4.78 is 0.263. The van der Waals surface area contributed by atoms with Crippen LogP contribution in [-0.2, 0) is 0 Å². The van der Waals surface area contributed by atoms with Gasteiger partial charge >= 0.3 is 5.97 Å². The van der Waals surface area contributed by atoms with Crippen molar-refractivity contribution in [2.24, 2.45) is 0 Å². The maximum Gasteiger partial charge on any atom is 0.357 e. The molecule has 0 radical (unpaired) electrons. The van der Waals surface area contributed by atoms with Crippen molar-refractivity contribution in [3.8, 4) is 0 Å². The first-order chi connectivity index (χ1) is 6.68. The van der Waals surface area contributed by atoms with Gasteiger partial charge in [-0.1, -0.05) is 22.9 Å². The molecule has 76 valence electrons. The molecule has 1 saturated heterocycles. The number of carboxylic acids is 1. The SMILES string of the molecule is O=C(O)c1nc(N2CCCC2)sc1Cl. The Labute approximate surface area is 90.1 Å². The summed E-state index contributed by atoms with van der Waals surface area (Å²) in [5.74, 6) is -1.06. The zero-order valence-corrected chi connectivity index (χ0v) is 8.94.